The van der Waals surface area contributed by atoms with E-state index in [4.69, 9.17) is 18.0 Å². The molecule has 0 amide bonds. The summed E-state index contributed by atoms with van der Waals surface area (Å²) in [4.78, 5) is 7.26. The Morgan fingerprint density at radius 3 is 2.55 bits per heavy atom. The summed E-state index contributed by atoms with van der Waals surface area (Å²) in [7, 11) is -3.62. The molecule has 20 heavy (non-hydrogen) atoms. The summed E-state index contributed by atoms with van der Waals surface area (Å²) < 4.78 is 26.9. The molecule has 0 aliphatic heterocycles. The van der Waals surface area contributed by atoms with Crippen molar-refractivity contribution in [1.29, 1.82) is 0 Å². The maximum atomic E-state index is 12.2. The molecule has 6 nitrogen and oxygen atoms in total. The van der Waals surface area contributed by atoms with Crippen molar-refractivity contribution < 1.29 is 8.42 Å². The van der Waals surface area contributed by atoms with Gasteiger partial charge in [-0.05, 0) is 19.1 Å². The van der Waals surface area contributed by atoms with E-state index in [1.54, 1.807) is 31.5 Å². The number of hydrogen-bond acceptors (Lipinski definition) is 4. The first-order chi connectivity index (χ1) is 9.40. The SMILES string of the molecule is CC(NS(=O)(=O)c1ccc(C(N)=S)cc1)c1ncc[nH]1. The van der Waals surface area contributed by atoms with Gasteiger partial charge in [0.2, 0.25) is 10.0 Å². The maximum Gasteiger partial charge on any atom is 0.241 e. The lowest BCUT2D eigenvalue weighted by atomic mass is 10.2. The highest BCUT2D eigenvalue weighted by molar-refractivity contribution is 7.89. The Kier molecular flexibility index (Phi) is 4.17. The Bertz CT molecular complexity index is 694. The number of nitrogens with two attached hydrogens (primary N) is 1. The van der Waals surface area contributed by atoms with Gasteiger partial charge in [-0.3, -0.25) is 0 Å². The summed E-state index contributed by atoms with van der Waals surface area (Å²) in [6, 6.07) is 5.63. The van der Waals surface area contributed by atoms with Gasteiger partial charge in [0.05, 0.1) is 10.9 Å². The molecule has 1 unspecified atom stereocenters. The number of H-pyrrole nitrogens is 1. The Morgan fingerprint density at radius 2 is 2.05 bits per heavy atom. The third-order valence-corrected chi connectivity index (χ3v) is 4.50. The third kappa shape index (κ3) is 3.21. The van der Waals surface area contributed by atoms with Crippen LogP contribution < -0.4 is 10.5 Å². The first-order valence-electron chi connectivity index (χ1n) is 5.81. The van der Waals surface area contributed by atoms with Gasteiger partial charge in [-0.1, -0.05) is 24.4 Å². The van der Waals surface area contributed by atoms with E-state index in [9.17, 15) is 8.42 Å². The number of nitrogens with one attached hydrogen (secondary N) is 2. The van der Waals surface area contributed by atoms with Gasteiger partial charge in [0.25, 0.3) is 0 Å². The van der Waals surface area contributed by atoms with Crippen molar-refractivity contribution in [2.24, 2.45) is 5.73 Å². The summed E-state index contributed by atoms with van der Waals surface area (Å²) in [6.07, 6.45) is 3.20. The van der Waals surface area contributed by atoms with Gasteiger partial charge in [0, 0.05) is 18.0 Å². The highest BCUT2D eigenvalue weighted by Crippen LogP contribution is 2.15. The maximum absolute atomic E-state index is 12.2. The fraction of sp³-hybridized carbons (Fsp3) is 0.167. The molecule has 0 saturated heterocycles. The number of sulfonamides is 1. The average molecular weight is 310 g/mol. The van der Waals surface area contributed by atoms with Crippen LogP contribution >= 0.6 is 12.2 Å². The zero-order chi connectivity index (χ0) is 14.8. The van der Waals surface area contributed by atoms with E-state index in [-0.39, 0.29) is 9.88 Å². The van der Waals surface area contributed by atoms with E-state index in [0.29, 0.717) is 11.4 Å². The molecular weight excluding hydrogens is 296 g/mol. The molecule has 1 aromatic carbocycles. The van der Waals surface area contributed by atoms with Crippen LogP contribution in [0.5, 0.6) is 0 Å². The third-order valence-electron chi connectivity index (χ3n) is 2.71. The molecule has 0 spiro atoms. The summed E-state index contributed by atoms with van der Waals surface area (Å²) >= 11 is 4.82. The number of hydrogen-bond donors (Lipinski definition) is 3. The second-order valence-electron chi connectivity index (χ2n) is 4.21. The van der Waals surface area contributed by atoms with Crippen LogP contribution in [0.25, 0.3) is 0 Å². The quantitative estimate of drug-likeness (QED) is 0.718. The molecule has 0 aliphatic rings. The Morgan fingerprint density at radius 1 is 1.40 bits per heavy atom. The monoisotopic (exact) mass is 310 g/mol. The molecule has 4 N–H and O–H groups in total. The highest BCUT2D eigenvalue weighted by Gasteiger charge is 2.19. The Balaban J connectivity index is 2.20. The van der Waals surface area contributed by atoms with Gasteiger partial charge in [-0.25, -0.2) is 18.1 Å². The van der Waals surface area contributed by atoms with Gasteiger partial charge in [0.1, 0.15) is 10.8 Å². The molecule has 0 radical (unpaired) electrons. The minimum atomic E-state index is -3.62. The standard InChI is InChI=1S/C12H14N4O2S2/c1-8(12-14-6-7-15-12)16-20(17,18)10-4-2-9(3-5-10)11(13)19/h2-8,16H,1H3,(H2,13,19)(H,14,15). The molecule has 8 heteroatoms. The van der Waals surface area contributed by atoms with Crippen molar-refractivity contribution in [1.82, 2.24) is 14.7 Å². The normalized spacial score (nSPS) is 13.1. The Hall–Kier alpha value is -1.77. The van der Waals surface area contributed by atoms with Crippen molar-refractivity contribution in [2.45, 2.75) is 17.9 Å². The van der Waals surface area contributed by atoms with Crippen LogP contribution in [0, 0.1) is 0 Å². The second kappa shape index (κ2) is 5.70. The summed E-state index contributed by atoms with van der Waals surface area (Å²) in [5.41, 5.74) is 6.09. The van der Waals surface area contributed by atoms with E-state index >= 15 is 0 Å². The Labute approximate surface area is 122 Å². The number of benzene rings is 1. The number of thiocarbonyl (C=S) groups is 1. The number of nitrogens with zero attached hydrogens (tertiary/aromatic N) is 1. The lowest BCUT2D eigenvalue weighted by molar-refractivity contribution is 0.561. The summed E-state index contributed by atoms with van der Waals surface area (Å²) in [5.74, 6) is 0.549. The molecule has 1 heterocycles. The van der Waals surface area contributed by atoms with Crippen LogP contribution in [0.15, 0.2) is 41.6 Å². The lowest BCUT2D eigenvalue weighted by Gasteiger charge is -2.12. The predicted molar refractivity (Wildman–Crippen MR) is 79.7 cm³/mol. The highest BCUT2D eigenvalue weighted by atomic mass is 32.2. The van der Waals surface area contributed by atoms with Gasteiger partial charge in [0.15, 0.2) is 0 Å². The number of aromatic amines is 1. The first kappa shape index (κ1) is 14.6. The molecule has 1 aromatic heterocycles. The molecule has 0 fully saturated rings. The van der Waals surface area contributed by atoms with Crippen molar-refractivity contribution in [3.05, 3.63) is 48.0 Å². The van der Waals surface area contributed by atoms with Crippen LogP contribution in [0.4, 0.5) is 0 Å². The minimum absolute atomic E-state index is 0.149. The summed E-state index contributed by atoms with van der Waals surface area (Å²) in [5, 5.41) is 0. The number of aromatic nitrogens is 2. The van der Waals surface area contributed by atoms with Crippen LogP contribution in [0.1, 0.15) is 24.4 Å². The average Bonchev–Trinajstić information content (AvgIpc) is 2.92. The van der Waals surface area contributed by atoms with Gasteiger partial charge in [-0.2, -0.15) is 0 Å². The second-order valence-corrected chi connectivity index (χ2v) is 6.36. The smallest absolute Gasteiger partial charge is 0.241 e. The summed E-state index contributed by atoms with van der Waals surface area (Å²) in [6.45, 7) is 1.71. The largest absolute Gasteiger partial charge is 0.389 e. The molecule has 0 bridgehead atoms. The molecule has 1 atom stereocenters. The number of rotatable bonds is 5. The molecule has 2 rings (SSSR count). The predicted octanol–water partition coefficient (Wildman–Crippen LogP) is 1.08. The minimum Gasteiger partial charge on any atom is -0.389 e. The zero-order valence-electron chi connectivity index (χ0n) is 10.7. The lowest BCUT2D eigenvalue weighted by Crippen LogP contribution is -2.27. The van der Waals surface area contributed by atoms with Crippen LogP contribution in [-0.2, 0) is 10.0 Å². The van der Waals surface area contributed by atoms with Crippen molar-refractivity contribution >= 4 is 27.2 Å². The van der Waals surface area contributed by atoms with Gasteiger partial charge in [-0.15, -0.1) is 0 Å². The van der Waals surface area contributed by atoms with Gasteiger partial charge >= 0.3 is 0 Å². The first-order valence-corrected chi connectivity index (χ1v) is 7.71. The van der Waals surface area contributed by atoms with E-state index in [1.165, 1.54) is 12.1 Å². The topological polar surface area (TPSA) is 101 Å². The van der Waals surface area contributed by atoms with Crippen molar-refractivity contribution in [3.63, 3.8) is 0 Å². The molecule has 0 aliphatic carbocycles. The van der Waals surface area contributed by atoms with E-state index in [1.807, 2.05) is 0 Å². The van der Waals surface area contributed by atoms with Crippen LogP contribution in [0.3, 0.4) is 0 Å². The van der Waals surface area contributed by atoms with Crippen LogP contribution in [-0.4, -0.2) is 23.4 Å². The molecular formula is C12H14N4O2S2. The van der Waals surface area contributed by atoms with Crippen molar-refractivity contribution in [3.8, 4) is 0 Å². The van der Waals surface area contributed by atoms with Crippen molar-refractivity contribution in [2.75, 3.05) is 0 Å². The molecule has 2 aromatic rings. The van der Waals surface area contributed by atoms with E-state index < -0.39 is 16.1 Å². The molecule has 106 valence electrons. The van der Waals surface area contributed by atoms with Gasteiger partial charge < -0.3 is 10.7 Å². The van der Waals surface area contributed by atoms with E-state index in [2.05, 4.69) is 14.7 Å². The van der Waals surface area contributed by atoms with Crippen LogP contribution in [0.2, 0.25) is 0 Å². The number of imidazole rings is 1. The fourth-order valence-corrected chi connectivity index (χ4v) is 3.01. The van der Waals surface area contributed by atoms with E-state index in [0.717, 1.165) is 0 Å². The molecule has 0 saturated carbocycles. The fourth-order valence-electron chi connectivity index (χ4n) is 1.67. The zero-order valence-corrected chi connectivity index (χ0v) is 12.3.